The van der Waals surface area contributed by atoms with Crippen LogP contribution in [-0.4, -0.2) is 29.3 Å². The van der Waals surface area contributed by atoms with Crippen LogP contribution in [0.4, 0.5) is 0 Å². The Balaban J connectivity index is 2.22. The predicted octanol–water partition coefficient (Wildman–Crippen LogP) is 2.79. The maximum atomic E-state index is 12.1. The second-order valence-corrected chi connectivity index (χ2v) is 6.81. The molecule has 2 atom stereocenters. The minimum absolute atomic E-state index is 0.00301. The molecule has 0 aliphatic carbocycles. The Morgan fingerprint density at radius 1 is 1.40 bits per heavy atom. The molecule has 0 saturated carbocycles. The van der Waals surface area contributed by atoms with Crippen LogP contribution in [0.1, 0.15) is 31.2 Å². The number of amides is 2. The second kappa shape index (κ2) is 6.26. The monoisotopic (exact) mass is 402 g/mol. The number of primary amides is 1. The van der Waals surface area contributed by atoms with Crippen molar-refractivity contribution in [3.8, 4) is 0 Å². The number of rotatable bonds is 4. The number of carbonyl (C=O) groups excluding carboxylic acids is 2. The van der Waals surface area contributed by atoms with Gasteiger partial charge in [0.1, 0.15) is 6.04 Å². The van der Waals surface area contributed by atoms with Gasteiger partial charge >= 0.3 is 0 Å². The van der Waals surface area contributed by atoms with E-state index in [1.165, 1.54) is 0 Å². The van der Waals surface area contributed by atoms with Gasteiger partial charge < -0.3 is 10.6 Å². The summed E-state index contributed by atoms with van der Waals surface area (Å²) in [7, 11) is 0. The summed E-state index contributed by atoms with van der Waals surface area (Å²) in [4.78, 5) is 25.2. The van der Waals surface area contributed by atoms with Crippen molar-refractivity contribution in [2.75, 3.05) is 6.54 Å². The van der Waals surface area contributed by atoms with Crippen molar-refractivity contribution in [1.29, 1.82) is 0 Å². The van der Waals surface area contributed by atoms with E-state index in [1.54, 1.807) is 4.90 Å². The maximum Gasteiger partial charge on any atom is 0.240 e. The quantitative estimate of drug-likeness (QED) is 0.839. The van der Waals surface area contributed by atoms with E-state index in [-0.39, 0.29) is 11.8 Å². The van der Waals surface area contributed by atoms with Crippen LogP contribution in [0, 0.1) is 0 Å². The van der Waals surface area contributed by atoms with E-state index in [0.29, 0.717) is 19.4 Å². The molecule has 2 rings (SSSR count). The molecule has 0 radical (unpaired) electrons. The van der Waals surface area contributed by atoms with Gasteiger partial charge in [-0.05, 0) is 30.2 Å². The average molecular weight is 404 g/mol. The van der Waals surface area contributed by atoms with Crippen LogP contribution in [0.2, 0.25) is 0 Å². The molecule has 0 aromatic heterocycles. The first-order valence-electron chi connectivity index (χ1n) is 6.47. The Kier molecular flexibility index (Phi) is 4.86. The third kappa shape index (κ3) is 3.23. The number of likely N-dealkylation sites (tertiary alicyclic amines) is 1. The van der Waals surface area contributed by atoms with E-state index < -0.39 is 11.9 Å². The first kappa shape index (κ1) is 15.5. The van der Waals surface area contributed by atoms with Crippen LogP contribution in [0.15, 0.2) is 27.1 Å². The van der Waals surface area contributed by atoms with Crippen LogP contribution in [-0.2, 0) is 9.59 Å². The van der Waals surface area contributed by atoms with Crippen molar-refractivity contribution in [2.45, 2.75) is 31.7 Å². The highest BCUT2D eigenvalue weighted by molar-refractivity contribution is 9.11. The Bertz CT molecular complexity index is 528. The van der Waals surface area contributed by atoms with Crippen LogP contribution in [0.3, 0.4) is 0 Å². The lowest BCUT2D eigenvalue weighted by Gasteiger charge is -2.24. The first-order valence-corrected chi connectivity index (χ1v) is 8.05. The number of nitrogens with two attached hydrogens (primary N) is 1. The normalized spacial score (nSPS) is 20.2. The van der Waals surface area contributed by atoms with Gasteiger partial charge in [0.15, 0.2) is 0 Å². The molecule has 1 fully saturated rings. The molecular weight excluding hydrogens is 388 g/mol. The molecule has 1 aliphatic heterocycles. The van der Waals surface area contributed by atoms with Crippen molar-refractivity contribution < 1.29 is 9.59 Å². The summed E-state index contributed by atoms with van der Waals surface area (Å²) in [6, 6.07) is 5.48. The highest BCUT2D eigenvalue weighted by Crippen LogP contribution is 2.33. The molecule has 2 amide bonds. The smallest absolute Gasteiger partial charge is 0.240 e. The Labute approximate surface area is 135 Å². The molecule has 0 bridgehead atoms. The zero-order valence-electron chi connectivity index (χ0n) is 11.1. The van der Waals surface area contributed by atoms with Crippen molar-refractivity contribution in [1.82, 2.24) is 4.90 Å². The maximum absolute atomic E-state index is 12.1. The zero-order valence-corrected chi connectivity index (χ0v) is 14.3. The lowest BCUT2D eigenvalue weighted by molar-refractivity contribution is -0.136. The van der Waals surface area contributed by atoms with Gasteiger partial charge in [-0.1, -0.05) is 38.8 Å². The number of hydrogen-bond acceptors (Lipinski definition) is 2. The van der Waals surface area contributed by atoms with Crippen LogP contribution < -0.4 is 5.73 Å². The Hall–Kier alpha value is -0.880. The Morgan fingerprint density at radius 2 is 2.00 bits per heavy atom. The molecule has 1 heterocycles. The summed E-state index contributed by atoms with van der Waals surface area (Å²) in [5.41, 5.74) is 6.46. The van der Waals surface area contributed by atoms with Gasteiger partial charge in [0.2, 0.25) is 11.8 Å². The van der Waals surface area contributed by atoms with Crippen molar-refractivity contribution >= 4 is 43.7 Å². The number of benzene rings is 1. The van der Waals surface area contributed by atoms with Gasteiger partial charge in [-0.3, -0.25) is 9.59 Å². The zero-order chi connectivity index (χ0) is 14.9. The summed E-state index contributed by atoms with van der Waals surface area (Å²) in [6.45, 7) is 2.41. The molecule has 1 aliphatic rings. The van der Waals surface area contributed by atoms with Gasteiger partial charge in [-0.2, -0.15) is 0 Å². The molecular formula is C14H16Br2N2O2. The van der Waals surface area contributed by atoms with Crippen molar-refractivity contribution in [3.63, 3.8) is 0 Å². The number of halogens is 2. The van der Waals surface area contributed by atoms with E-state index >= 15 is 0 Å². The van der Waals surface area contributed by atoms with Crippen LogP contribution in [0.25, 0.3) is 0 Å². The van der Waals surface area contributed by atoms with Crippen LogP contribution in [0.5, 0.6) is 0 Å². The van der Waals surface area contributed by atoms with Crippen molar-refractivity contribution in [2.24, 2.45) is 5.73 Å². The molecule has 1 aromatic carbocycles. The lowest BCUT2D eigenvalue weighted by atomic mass is 9.98. The molecule has 6 heteroatoms. The molecule has 0 spiro atoms. The number of hydrogen-bond donors (Lipinski definition) is 1. The standard InChI is InChI=1S/C14H16Br2N2O2/c1-2-12(14(17)20)18-7-9(5-13(18)19)8-3-10(15)6-11(16)4-8/h3-4,6,9,12H,2,5,7H2,1H3,(H2,17,20)/t9?,12-/m1/s1. The van der Waals surface area contributed by atoms with E-state index in [2.05, 4.69) is 31.9 Å². The molecule has 108 valence electrons. The highest BCUT2D eigenvalue weighted by atomic mass is 79.9. The molecule has 1 aromatic rings. The average Bonchev–Trinajstić information content (AvgIpc) is 2.71. The summed E-state index contributed by atoms with van der Waals surface area (Å²) in [6.07, 6.45) is 0.975. The topological polar surface area (TPSA) is 63.4 Å². The number of nitrogens with zero attached hydrogens (tertiary/aromatic N) is 1. The summed E-state index contributed by atoms with van der Waals surface area (Å²) in [5, 5.41) is 0. The van der Waals surface area contributed by atoms with Gasteiger partial charge in [0.25, 0.3) is 0 Å². The summed E-state index contributed by atoms with van der Waals surface area (Å²) in [5.74, 6) is -0.335. The third-order valence-corrected chi connectivity index (χ3v) is 4.52. The van der Waals surface area contributed by atoms with Gasteiger partial charge in [0, 0.05) is 27.8 Å². The van der Waals surface area contributed by atoms with E-state index in [0.717, 1.165) is 14.5 Å². The molecule has 2 N–H and O–H groups in total. The first-order chi connectivity index (χ1) is 9.42. The van der Waals surface area contributed by atoms with Crippen molar-refractivity contribution in [3.05, 3.63) is 32.7 Å². The minimum Gasteiger partial charge on any atom is -0.368 e. The van der Waals surface area contributed by atoms with E-state index in [1.807, 2.05) is 25.1 Å². The predicted molar refractivity (Wildman–Crippen MR) is 84.2 cm³/mol. The highest BCUT2D eigenvalue weighted by Gasteiger charge is 2.36. The van der Waals surface area contributed by atoms with Gasteiger partial charge in [-0.25, -0.2) is 0 Å². The van der Waals surface area contributed by atoms with Gasteiger partial charge in [-0.15, -0.1) is 0 Å². The molecule has 4 nitrogen and oxygen atoms in total. The molecule has 20 heavy (non-hydrogen) atoms. The molecule has 1 saturated heterocycles. The summed E-state index contributed by atoms with van der Waals surface area (Å²) < 4.78 is 1.93. The van der Waals surface area contributed by atoms with E-state index in [9.17, 15) is 9.59 Å². The fourth-order valence-electron chi connectivity index (χ4n) is 2.64. The minimum atomic E-state index is -0.497. The third-order valence-electron chi connectivity index (χ3n) is 3.61. The molecule has 1 unspecified atom stereocenters. The fraction of sp³-hybridized carbons (Fsp3) is 0.429. The SMILES string of the molecule is CC[C@H](C(N)=O)N1CC(c2cc(Br)cc(Br)c2)CC1=O. The largest absolute Gasteiger partial charge is 0.368 e. The summed E-state index contributed by atoms with van der Waals surface area (Å²) >= 11 is 6.91. The number of carbonyl (C=O) groups is 2. The van der Waals surface area contributed by atoms with Crippen LogP contribution >= 0.6 is 31.9 Å². The van der Waals surface area contributed by atoms with Gasteiger partial charge in [0.05, 0.1) is 0 Å². The fourth-order valence-corrected chi connectivity index (χ4v) is 3.97. The lowest BCUT2D eigenvalue weighted by Crippen LogP contribution is -2.45. The van der Waals surface area contributed by atoms with E-state index in [4.69, 9.17) is 5.73 Å². The second-order valence-electron chi connectivity index (χ2n) is 4.98. The Morgan fingerprint density at radius 3 is 2.50 bits per heavy atom.